The van der Waals surface area contributed by atoms with Crippen molar-refractivity contribution in [2.75, 3.05) is 13.7 Å². The summed E-state index contributed by atoms with van der Waals surface area (Å²) >= 11 is 0. The van der Waals surface area contributed by atoms with Gasteiger partial charge in [-0.2, -0.15) is 0 Å². The molecule has 1 aliphatic heterocycles. The molecule has 0 saturated carbocycles. The van der Waals surface area contributed by atoms with Crippen LogP contribution in [0.25, 0.3) is 0 Å². The molecule has 0 amide bonds. The highest BCUT2D eigenvalue weighted by atomic mass is 16.5. The van der Waals surface area contributed by atoms with Gasteiger partial charge in [0.15, 0.2) is 0 Å². The van der Waals surface area contributed by atoms with Gasteiger partial charge >= 0.3 is 0 Å². The summed E-state index contributed by atoms with van der Waals surface area (Å²) in [4.78, 5) is 0. The zero-order valence-electron chi connectivity index (χ0n) is 11.3. The Balaban J connectivity index is 2.36. The fraction of sp³-hybridized carbons (Fsp3) is 0.600. The van der Waals surface area contributed by atoms with Crippen molar-refractivity contribution in [2.24, 2.45) is 0 Å². The number of benzene rings is 1. The van der Waals surface area contributed by atoms with Gasteiger partial charge in [0, 0.05) is 6.61 Å². The quantitative estimate of drug-likeness (QED) is 0.866. The van der Waals surface area contributed by atoms with E-state index in [0.29, 0.717) is 12.1 Å². The van der Waals surface area contributed by atoms with Gasteiger partial charge in [-0.3, -0.25) is 0 Å². The van der Waals surface area contributed by atoms with Gasteiger partial charge in [-0.15, -0.1) is 0 Å². The lowest BCUT2D eigenvalue weighted by atomic mass is 9.90. The Morgan fingerprint density at radius 1 is 1.24 bits per heavy atom. The van der Waals surface area contributed by atoms with Crippen LogP contribution in [-0.2, 0) is 4.74 Å². The summed E-state index contributed by atoms with van der Waals surface area (Å²) in [5.41, 5.74) is 5.51. The minimum absolute atomic E-state index is 0.332. The molecular weight excluding hydrogens is 210 g/mol. The molecule has 2 atom stereocenters. The lowest BCUT2D eigenvalue weighted by Crippen LogP contribution is -2.30. The molecule has 1 fully saturated rings. The second-order valence-electron chi connectivity index (χ2n) is 5.13. The van der Waals surface area contributed by atoms with E-state index in [1.165, 1.54) is 28.7 Å². The van der Waals surface area contributed by atoms with E-state index in [0.717, 1.165) is 13.0 Å². The predicted octanol–water partition coefficient (Wildman–Crippen LogP) is 3.05. The van der Waals surface area contributed by atoms with Crippen molar-refractivity contribution < 1.29 is 4.74 Å². The minimum Gasteiger partial charge on any atom is -0.376 e. The van der Waals surface area contributed by atoms with Crippen molar-refractivity contribution in [3.63, 3.8) is 0 Å². The second-order valence-corrected chi connectivity index (χ2v) is 5.13. The van der Waals surface area contributed by atoms with E-state index in [9.17, 15) is 0 Å². The Morgan fingerprint density at radius 3 is 2.35 bits per heavy atom. The third-order valence-electron chi connectivity index (χ3n) is 3.70. The number of rotatable bonds is 3. The largest absolute Gasteiger partial charge is 0.376 e. The zero-order valence-corrected chi connectivity index (χ0v) is 11.3. The fourth-order valence-corrected chi connectivity index (χ4v) is 3.06. The summed E-state index contributed by atoms with van der Waals surface area (Å²) in [6, 6.07) is 4.86. The van der Waals surface area contributed by atoms with Crippen molar-refractivity contribution in [2.45, 2.75) is 45.8 Å². The Labute approximate surface area is 104 Å². The molecule has 0 aliphatic carbocycles. The molecule has 0 radical (unpaired) electrons. The number of ether oxygens (including phenoxy) is 1. The van der Waals surface area contributed by atoms with Crippen LogP contribution in [0.4, 0.5) is 0 Å². The van der Waals surface area contributed by atoms with E-state index >= 15 is 0 Å². The molecule has 2 heteroatoms. The van der Waals surface area contributed by atoms with Crippen molar-refractivity contribution in [3.05, 3.63) is 34.4 Å². The monoisotopic (exact) mass is 233 g/mol. The maximum absolute atomic E-state index is 5.84. The van der Waals surface area contributed by atoms with Crippen LogP contribution in [0.1, 0.15) is 41.1 Å². The van der Waals surface area contributed by atoms with E-state index < -0.39 is 0 Å². The molecule has 0 spiro atoms. The molecule has 1 aromatic carbocycles. The lowest BCUT2D eigenvalue weighted by Gasteiger charge is -2.26. The van der Waals surface area contributed by atoms with Crippen molar-refractivity contribution in [1.82, 2.24) is 5.32 Å². The van der Waals surface area contributed by atoms with Crippen molar-refractivity contribution in [1.29, 1.82) is 0 Å². The molecule has 2 rings (SSSR count). The molecule has 0 aromatic heterocycles. The molecule has 17 heavy (non-hydrogen) atoms. The summed E-state index contributed by atoms with van der Waals surface area (Å²) in [6.07, 6.45) is 2.69. The molecule has 1 heterocycles. The Hall–Kier alpha value is -0.860. The maximum atomic E-state index is 5.84. The Kier molecular flexibility index (Phi) is 3.85. The molecule has 1 saturated heterocycles. The standard InChI is InChI=1S/C15H23NO/c1-10-8-11(2)14(12(3)9-10)15(16-4)13-6-5-7-17-13/h8-9,13,15-16H,5-7H2,1-4H3. The summed E-state index contributed by atoms with van der Waals surface area (Å²) in [7, 11) is 2.03. The fourth-order valence-electron chi connectivity index (χ4n) is 3.06. The smallest absolute Gasteiger partial charge is 0.0770 e. The summed E-state index contributed by atoms with van der Waals surface area (Å²) < 4.78 is 5.84. The third kappa shape index (κ3) is 2.53. The molecule has 2 unspecified atom stereocenters. The molecule has 1 aromatic rings. The normalized spacial score (nSPS) is 21.8. The van der Waals surface area contributed by atoms with Crippen LogP contribution < -0.4 is 5.32 Å². The van der Waals surface area contributed by atoms with Gasteiger partial charge in [0.25, 0.3) is 0 Å². The molecule has 0 bridgehead atoms. The average Bonchev–Trinajstić information content (AvgIpc) is 2.76. The molecular formula is C15H23NO. The van der Waals surface area contributed by atoms with Gasteiger partial charge in [-0.25, -0.2) is 0 Å². The maximum Gasteiger partial charge on any atom is 0.0770 e. The average molecular weight is 233 g/mol. The van der Waals surface area contributed by atoms with Crippen LogP contribution in [0.3, 0.4) is 0 Å². The number of nitrogens with one attached hydrogen (secondary N) is 1. The van der Waals surface area contributed by atoms with E-state index in [-0.39, 0.29) is 0 Å². The summed E-state index contributed by atoms with van der Waals surface area (Å²) in [6.45, 7) is 7.47. The highest BCUT2D eigenvalue weighted by molar-refractivity contribution is 5.40. The van der Waals surface area contributed by atoms with Crippen LogP contribution >= 0.6 is 0 Å². The van der Waals surface area contributed by atoms with E-state index in [1.807, 2.05) is 7.05 Å². The van der Waals surface area contributed by atoms with Crippen LogP contribution in [0, 0.1) is 20.8 Å². The summed E-state index contributed by atoms with van der Waals surface area (Å²) in [5.74, 6) is 0. The molecule has 94 valence electrons. The molecule has 1 aliphatic rings. The van der Waals surface area contributed by atoms with Crippen molar-refractivity contribution >= 4 is 0 Å². The first-order valence-corrected chi connectivity index (χ1v) is 6.50. The summed E-state index contributed by atoms with van der Waals surface area (Å²) in [5, 5.41) is 3.44. The number of hydrogen-bond acceptors (Lipinski definition) is 2. The van der Waals surface area contributed by atoms with Crippen LogP contribution in [0.2, 0.25) is 0 Å². The van der Waals surface area contributed by atoms with Crippen molar-refractivity contribution in [3.8, 4) is 0 Å². The highest BCUT2D eigenvalue weighted by Gasteiger charge is 2.28. The first-order valence-electron chi connectivity index (χ1n) is 6.50. The van der Waals surface area contributed by atoms with Crippen LogP contribution in [-0.4, -0.2) is 19.8 Å². The first kappa shape index (κ1) is 12.6. The zero-order chi connectivity index (χ0) is 12.4. The van der Waals surface area contributed by atoms with Gasteiger partial charge in [0.2, 0.25) is 0 Å². The number of likely N-dealkylation sites (N-methyl/N-ethyl adjacent to an activating group) is 1. The first-order chi connectivity index (χ1) is 8.13. The SMILES string of the molecule is CNC(c1c(C)cc(C)cc1C)C1CCCO1. The van der Waals surface area contributed by atoms with E-state index in [2.05, 4.69) is 38.2 Å². The van der Waals surface area contributed by atoms with Gasteiger partial charge in [0.05, 0.1) is 12.1 Å². The number of aryl methyl sites for hydroxylation is 3. The van der Waals surface area contributed by atoms with Gasteiger partial charge in [-0.05, 0) is 57.4 Å². The van der Waals surface area contributed by atoms with E-state index in [1.54, 1.807) is 0 Å². The Bertz CT molecular complexity index is 371. The molecule has 2 nitrogen and oxygen atoms in total. The predicted molar refractivity (Wildman–Crippen MR) is 71.4 cm³/mol. The highest BCUT2D eigenvalue weighted by Crippen LogP contribution is 2.31. The minimum atomic E-state index is 0.332. The lowest BCUT2D eigenvalue weighted by molar-refractivity contribution is 0.0804. The van der Waals surface area contributed by atoms with Crippen LogP contribution in [0.5, 0.6) is 0 Å². The van der Waals surface area contributed by atoms with Gasteiger partial charge < -0.3 is 10.1 Å². The topological polar surface area (TPSA) is 21.3 Å². The van der Waals surface area contributed by atoms with E-state index in [4.69, 9.17) is 4.74 Å². The van der Waals surface area contributed by atoms with Gasteiger partial charge in [0.1, 0.15) is 0 Å². The van der Waals surface area contributed by atoms with Gasteiger partial charge in [-0.1, -0.05) is 17.7 Å². The van der Waals surface area contributed by atoms with Crippen LogP contribution in [0.15, 0.2) is 12.1 Å². The molecule has 1 N–H and O–H groups in total. The third-order valence-corrected chi connectivity index (χ3v) is 3.70. The second kappa shape index (κ2) is 5.19. The Morgan fingerprint density at radius 2 is 1.88 bits per heavy atom. The number of hydrogen-bond donors (Lipinski definition) is 1.